The Balaban J connectivity index is 1.58. The Morgan fingerprint density at radius 1 is 1.06 bits per heavy atom. The lowest BCUT2D eigenvalue weighted by atomic mass is 10.1. The molecule has 1 atom stereocenters. The maximum Gasteiger partial charge on any atom is 0.339 e. The van der Waals surface area contributed by atoms with Crippen molar-refractivity contribution in [2.75, 3.05) is 13.4 Å². The van der Waals surface area contributed by atoms with Crippen molar-refractivity contribution in [1.82, 2.24) is 4.90 Å². The molecular weight excluding hydrogens is 429 g/mol. The highest BCUT2D eigenvalue weighted by molar-refractivity contribution is 5.91. The Hall–Kier alpha value is -4.07. The van der Waals surface area contributed by atoms with Crippen LogP contribution < -0.4 is 14.2 Å². The van der Waals surface area contributed by atoms with Gasteiger partial charge in [-0.1, -0.05) is 42.5 Å². The summed E-state index contributed by atoms with van der Waals surface area (Å²) >= 11 is 0. The molecule has 0 saturated carbocycles. The van der Waals surface area contributed by atoms with E-state index in [0.29, 0.717) is 11.5 Å². The zero-order valence-corrected chi connectivity index (χ0v) is 17.9. The molecule has 3 aromatic rings. The Morgan fingerprint density at radius 2 is 1.82 bits per heavy atom. The van der Waals surface area contributed by atoms with Crippen LogP contribution >= 0.6 is 0 Å². The van der Waals surface area contributed by atoms with E-state index in [2.05, 4.69) is 0 Å². The number of carboxylic acids is 1. The normalized spacial score (nSPS) is 12.8. The number of ether oxygens (including phenoxy) is 3. The molecule has 0 aromatic heterocycles. The van der Waals surface area contributed by atoms with E-state index in [9.17, 15) is 19.1 Å². The number of benzene rings is 3. The van der Waals surface area contributed by atoms with Gasteiger partial charge in [0.05, 0.1) is 6.04 Å². The number of hydrogen-bond donors (Lipinski definition) is 1. The number of fused-ring (bicyclic) bond motifs is 1. The van der Waals surface area contributed by atoms with E-state index in [0.717, 1.165) is 17.2 Å². The van der Waals surface area contributed by atoms with Gasteiger partial charge in [-0.25, -0.2) is 9.18 Å². The lowest BCUT2D eigenvalue weighted by Crippen LogP contribution is -2.36. The van der Waals surface area contributed by atoms with Crippen molar-refractivity contribution in [2.45, 2.75) is 19.5 Å². The lowest BCUT2D eigenvalue weighted by molar-refractivity contribution is -0.136. The molecule has 7 nitrogen and oxygen atoms in total. The van der Waals surface area contributed by atoms with Crippen molar-refractivity contribution in [3.63, 3.8) is 0 Å². The second kappa shape index (κ2) is 9.60. The van der Waals surface area contributed by atoms with Crippen molar-refractivity contribution in [3.05, 3.63) is 89.2 Å². The number of halogens is 1. The van der Waals surface area contributed by atoms with Gasteiger partial charge in [0.1, 0.15) is 5.56 Å². The summed E-state index contributed by atoms with van der Waals surface area (Å²) in [6.45, 7) is 1.73. The summed E-state index contributed by atoms with van der Waals surface area (Å²) in [5, 5.41) is 9.31. The Bertz CT molecular complexity index is 1170. The van der Waals surface area contributed by atoms with E-state index in [4.69, 9.17) is 14.2 Å². The zero-order chi connectivity index (χ0) is 23.4. The first-order valence-electron chi connectivity index (χ1n) is 10.3. The van der Waals surface area contributed by atoms with E-state index in [-0.39, 0.29) is 24.9 Å². The van der Waals surface area contributed by atoms with Gasteiger partial charge in [-0.05, 0) is 42.3 Å². The van der Waals surface area contributed by atoms with Crippen molar-refractivity contribution in [3.8, 4) is 17.2 Å². The highest BCUT2D eigenvalue weighted by atomic mass is 19.1. The summed E-state index contributed by atoms with van der Waals surface area (Å²) in [6.07, 6.45) is 0. The van der Waals surface area contributed by atoms with Gasteiger partial charge >= 0.3 is 5.97 Å². The molecule has 1 unspecified atom stereocenters. The molecule has 33 heavy (non-hydrogen) atoms. The summed E-state index contributed by atoms with van der Waals surface area (Å²) in [6, 6.07) is 18.1. The zero-order valence-electron chi connectivity index (χ0n) is 17.9. The summed E-state index contributed by atoms with van der Waals surface area (Å²) in [5.41, 5.74) is 1.37. The third-order valence-corrected chi connectivity index (χ3v) is 5.40. The van der Waals surface area contributed by atoms with Gasteiger partial charge in [-0.15, -0.1) is 0 Å². The molecule has 0 fully saturated rings. The molecule has 3 aromatic carbocycles. The number of amides is 1. The van der Waals surface area contributed by atoms with Crippen molar-refractivity contribution in [2.24, 2.45) is 0 Å². The Morgan fingerprint density at radius 3 is 2.58 bits per heavy atom. The number of hydrogen-bond acceptors (Lipinski definition) is 5. The molecule has 1 amide bonds. The molecule has 8 heteroatoms. The molecule has 1 heterocycles. The summed E-state index contributed by atoms with van der Waals surface area (Å²) < 4.78 is 30.4. The molecule has 1 aliphatic heterocycles. The minimum absolute atomic E-state index is 0.143. The highest BCUT2D eigenvalue weighted by Crippen LogP contribution is 2.34. The fraction of sp³-hybridized carbons (Fsp3) is 0.200. The number of aromatic carboxylic acids is 1. The van der Waals surface area contributed by atoms with Gasteiger partial charge in [-0.2, -0.15) is 0 Å². The predicted octanol–water partition coefficient (Wildman–Crippen LogP) is 4.42. The maximum atomic E-state index is 14.2. The highest BCUT2D eigenvalue weighted by Gasteiger charge is 2.25. The fourth-order valence-corrected chi connectivity index (χ4v) is 3.63. The van der Waals surface area contributed by atoms with Crippen LogP contribution in [0.5, 0.6) is 17.2 Å². The maximum absolute atomic E-state index is 14.2. The SMILES string of the molecule is CC(c1ccccc1)N(Cc1ccc2c(c1)OCO2)C(=O)COc1c(F)cccc1C(=O)O. The Labute approximate surface area is 189 Å². The molecule has 0 bridgehead atoms. The minimum Gasteiger partial charge on any atom is -0.480 e. The molecule has 0 spiro atoms. The summed E-state index contributed by atoms with van der Waals surface area (Å²) in [4.78, 5) is 26.2. The van der Waals surface area contributed by atoms with Gasteiger partial charge in [-0.3, -0.25) is 4.79 Å². The first kappa shape index (κ1) is 22.1. The molecular formula is C25H22FNO6. The number of nitrogens with zero attached hydrogens (tertiary/aromatic N) is 1. The van der Waals surface area contributed by atoms with Crippen LogP contribution in [0.25, 0.3) is 0 Å². The first-order chi connectivity index (χ1) is 15.9. The number of carbonyl (C=O) groups is 2. The van der Waals surface area contributed by atoms with Crippen LogP contribution in [-0.4, -0.2) is 35.3 Å². The van der Waals surface area contributed by atoms with Gasteiger partial charge in [0.25, 0.3) is 5.91 Å². The number of carboxylic acid groups (broad SMARTS) is 1. The number of para-hydroxylation sites is 1. The van der Waals surface area contributed by atoms with E-state index in [1.807, 2.05) is 43.3 Å². The molecule has 0 radical (unpaired) electrons. The third kappa shape index (κ3) is 4.90. The topological polar surface area (TPSA) is 85.3 Å². The van der Waals surface area contributed by atoms with E-state index in [1.54, 1.807) is 17.0 Å². The fourth-order valence-electron chi connectivity index (χ4n) is 3.63. The van der Waals surface area contributed by atoms with Gasteiger partial charge in [0.2, 0.25) is 6.79 Å². The average Bonchev–Trinajstić information content (AvgIpc) is 3.29. The first-order valence-corrected chi connectivity index (χ1v) is 10.3. The quantitative estimate of drug-likeness (QED) is 0.546. The van der Waals surface area contributed by atoms with Crippen LogP contribution in [0.2, 0.25) is 0 Å². The van der Waals surface area contributed by atoms with Crippen molar-refractivity contribution >= 4 is 11.9 Å². The molecule has 170 valence electrons. The average molecular weight is 451 g/mol. The van der Waals surface area contributed by atoms with Gasteiger partial charge in [0, 0.05) is 6.54 Å². The molecule has 0 saturated heterocycles. The van der Waals surface area contributed by atoms with Crippen LogP contribution in [0.15, 0.2) is 66.7 Å². The molecule has 0 aliphatic carbocycles. The second-order valence-corrected chi connectivity index (χ2v) is 7.51. The van der Waals surface area contributed by atoms with Crippen LogP contribution in [0.3, 0.4) is 0 Å². The summed E-state index contributed by atoms with van der Waals surface area (Å²) in [7, 11) is 0. The number of carbonyl (C=O) groups excluding carboxylic acids is 1. The minimum atomic E-state index is -1.34. The van der Waals surface area contributed by atoms with Crippen LogP contribution in [-0.2, 0) is 11.3 Å². The lowest BCUT2D eigenvalue weighted by Gasteiger charge is -2.30. The standard InChI is InChI=1S/C25H22FNO6/c1-16(18-6-3-2-4-7-18)27(13-17-10-11-21-22(12-17)33-15-32-21)23(28)14-31-24-19(25(29)30)8-5-9-20(24)26/h2-12,16H,13-15H2,1H3,(H,29,30). The molecule has 1 N–H and O–H groups in total. The van der Waals surface area contributed by atoms with Gasteiger partial charge < -0.3 is 24.2 Å². The van der Waals surface area contributed by atoms with Gasteiger partial charge in [0.15, 0.2) is 29.7 Å². The van der Waals surface area contributed by atoms with E-state index < -0.39 is 30.1 Å². The predicted molar refractivity (Wildman–Crippen MR) is 117 cm³/mol. The number of rotatable bonds is 8. The summed E-state index contributed by atoms with van der Waals surface area (Å²) in [5.74, 6) is -1.84. The largest absolute Gasteiger partial charge is 0.480 e. The van der Waals surface area contributed by atoms with Crippen LogP contribution in [0.1, 0.15) is 34.5 Å². The van der Waals surface area contributed by atoms with Crippen molar-refractivity contribution in [1.29, 1.82) is 0 Å². The molecule has 1 aliphatic rings. The van der Waals surface area contributed by atoms with Crippen molar-refractivity contribution < 1.29 is 33.3 Å². The smallest absolute Gasteiger partial charge is 0.339 e. The molecule has 4 rings (SSSR count). The monoisotopic (exact) mass is 451 g/mol. The van der Waals surface area contributed by atoms with E-state index in [1.165, 1.54) is 12.1 Å². The third-order valence-electron chi connectivity index (χ3n) is 5.40. The van der Waals surface area contributed by atoms with Crippen LogP contribution in [0.4, 0.5) is 4.39 Å². The van der Waals surface area contributed by atoms with Crippen LogP contribution in [0, 0.1) is 5.82 Å². The Kier molecular flexibility index (Phi) is 6.44. The van der Waals surface area contributed by atoms with E-state index >= 15 is 0 Å². The second-order valence-electron chi connectivity index (χ2n) is 7.51.